The summed E-state index contributed by atoms with van der Waals surface area (Å²) >= 11 is 0. The maximum absolute atomic E-state index is 13.2. The Morgan fingerprint density at radius 1 is 1.27 bits per heavy atom. The van der Waals surface area contributed by atoms with Crippen LogP contribution in [-0.4, -0.2) is 62.8 Å². The van der Waals surface area contributed by atoms with Crippen molar-refractivity contribution in [2.45, 2.75) is 57.8 Å². The fraction of sp³-hybridized carbons (Fsp3) is 0.429. The summed E-state index contributed by atoms with van der Waals surface area (Å²) in [6.07, 6.45) is 5.32. The van der Waals surface area contributed by atoms with Crippen LogP contribution in [0, 0.1) is 0 Å². The highest BCUT2D eigenvalue weighted by molar-refractivity contribution is 5.75. The second-order valence-electron chi connectivity index (χ2n) is 9.11. The molecule has 0 aromatic carbocycles. The van der Waals surface area contributed by atoms with E-state index in [1.807, 2.05) is 0 Å². The molecule has 0 unspecified atom stereocenters. The number of imidazole rings is 1. The molecule has 3 rings (SSSR count). The average Bonchev–Trinajstić information content (AvgIpc) is 3.40. The first-order valence-electron chi connectivity index (χ1n) is 13.0. The fourth-order valence-corrected chi connectivity index (χ4v) is 4.22. The molecule has 40 heavy (non-hydrogen) atoms. The number of amides is 2. The Labute approximate surface area is 231 Å². The van der Waals surface area contributed by atoms with Gasteiger partial charge in [0.1, 0.15) is 5.75 Å². The first kappa shape index (κ1) is 30.5. The van der Waals surface area contributed by atoms with Crippen LogP contribution in [0.4, 0.5) is 18.0 Å². The average molecular weight is 561 g/mol. The smallest absolute Gasteiger partial charge is 0.389 e. The maximum Gasteiger partial charge on any atom is 0.389 e. The van der Waals surface area contributed by atoms with E-state index in [2.05, 4.69) is 33.4 Å². The Bertz CT molecular complexity index is 1310. The number of pyridine rings is 1. The van der Waals surface area contributed by atoms with Crippen LogP contribution in [0.3, 0.4) is 0 Å². The molecule has 0 saturated carbocycles. The van der Waals surface area contributed by atoms with Crippen LogP contribution in [0.5, 0.6) is 11.6 Å². The van der Waals surface area contributed by atoms with Gasteiger partial charge in [-0.1, -0.05) is 12.2 Å². The van der Waals surface area contributed by atoms with E-state index in [-0.39, 0.29) is 12.8 Å². The number of hydrogen-bond acceptors (Lipinski definition) is 6. The number of nitrogens with one attached hydrogen (secondary N) is 1. The topological polar surface area (TPSA) is 93.9 Å². The number of aromatic nitrogens is 4. The first-order valence-corrected chi connectivity index (χ1v) is 13.0. The number of urea groups is 1. The summed E-state index contributed by atoms with van der Waals surface area (Å²) in [4.78, 5) is 28.2. The molecular formula is C28H35F3N6O3. The standard InChI is InChI=1S/C28H35F3N6O3/c1-6-9-15-40-26-25-32-13-14-36(25)18-23(35-26)21-16-22(33-17-24(21)39-5)19(4)37(8-3)27(38)34-20(10-7-2)11-12-28(29,30)31/h6-7,13-14,16-20H,1-2,8-12,15H2,3-5H3,(H,34,38)/t19-,20-/m1/s1. The van der Waals surface area contributed by atoms with Gasteiger partial charge in [-0.3, -0.25) is 4.98 Å². The molecular weight excluding hydrogens is 525 g/mol. The van der Waals surface area contributed by atoms with Gasteiger partial charge < -0.3 is 24.1 Å². The minimum atomic E-state index is -4.31. The van der Waals surface area contributed by atoms with Crippen molar-refractivity contribution in [3.8, 4) is 22.9 Å². The lowest BCUT2D eigenvalue weighted by atomic mass is 10.1. The van der Waals surface area contributed by atoms with E-state index >= 15 is 0 Å². The minimum absolute atomic E-state index is 0.221. The maximum atomic E-state index is 13.2. The highest BCUT2D eigenvalue weighted by atomic mass is 19.4. The molecule has 0 bridgehead atoms. The fourth-order valence-electron chi connectivity index (χ4n) is 4.22. The van der Waals surface area contributed by atoms with E-state index in [4.69, 9.17) is 9.47 Å². The molecule has 2 atom stereocenters. The minimum Gasteiger partial charge on any atom is -0.494 e. The summed E-state index contributed by atoms with van der Waals surface area (Å²) in [6, 6.07) is 0.0852. The molecule has 9 nitrogen and oxygen atoms in total. The van der Waals surface area contributed by atoms with Gasteiger partial charge >= 0.3 is 12.2 Å². The highest BCUT2D eigenvalue weighted by Crippen LogP contribution is 2.33. The van der Waals surface area contributed by atoms with Crippen LogP contribution < -0.4 is 14.8 Å². The van der Waals surface area contributed by atoms with Crippen LogP contribution in [0.15, 0.2) is 56.2 Å². The molecule has 1 N–H and O–H groups in total. The Kier molecular flexibility index (Phi) is 10.5. The lowest BCUT2D eigenvalue weighted by molar-refractivity contribution is -0.136. The molecule has 0 radical (unpaired) electrons. The monoisotopic (exact) mass is 560 g/mol. The Balaban J connectivity index is 1.91. The second kappa shape index (κ2) is 13.8. The molecule has 2 amide bonds. The SMILES string of the molecule is C=CCCOc1nc(-c2cc([C@@H](C)N(CC)C(=O)N[C@H](CC=C)CCC(F)(F)F)ncc2OC)cn2ccnc12. The molecule has 0 spiro atoms. The molecule has 3 aromatic heterocycles. The van der Waals surface area contributed by atoms with E-state index < -0.39 is 30.7 Å². The van der Waals surface area contributed by atoms with Crippen LogP contribution in [0.25, 0.3) is 16.9 Å². The molecule has 216 valence electrons. The van der Waals surface area contributed by atoms with Gasteiger partial charge in [0.15, 0.2) is 0 Å². The molecule has 3 heterocycles. The van der Waals surface area contributed by atoms with Gasteiger partial charge in [-0.15, -0.1) is 13.2 Å². The van der Waals surface area contributed by atoms with Crippen molar-refractivity contribution in [3.63, 3.8) is 0 Å². The summed E-state index contributed by atoms with van der Waals surface area (Å²) in [7, 11) is 1.52. The Morgan fingerprint density at radius 3 is 2.70 bits per heavy atom. The summed E-state index contributed by atoms with van der Waals surface area (Å²) < 4.78 is 51.6. The van der Waals surface area contributed by atoms with Gasteiger partial charge in [0.25, 0.3) is 5.88 Å². The van der Waals surface area contributed by atoms with Gasteiger partial charge in [0.2, 0.25) is 5.65 Å². The zero-order chi connectivity index (χ0) is 29.3. The van der Waals surface area contributed by atoms with E-state index in [1.165, 1.54) is 18.1 Å². The van der Waals surface area contributed by atoms with E-state index in [0.717, 1.165) is 0 Å². The molecule has 0 aliphatic carbocycles. The zero-order valence-corrected chi connectivity index (χ0v) is 22.9. The third-order valence-corrected chi connectivity index (χ3v) is 6.34. The summed E-state index contributed by atoms with van der Waals surface area (Å²) in [5.41, 5.74) is 2.26. The zero-order valence-electron chi connectivity index (χ0n) is 22.9. The van der Waals surface area contributed by atoms with Crippen LogP contribution >= 0.6 is 0 Å². The Morgan fingerprint density at radius 2 is 2.05 bits per heavy atom. The number of carbonyl (C=O) groups excluding carboxylic acids is 1. The molecule has 3 aromatic rings. The number of fused-ring (bicyclic) bond motifs is 1. The Hall–Kier alpha value is -4.09. The number of halogens is 3. The van der Waals surface area contributed by atoms with Crippen molar-refractivity contribution >= 4 is 11.7 Å². The van der Waals surface area contributed by atoms with Crippen LogP contribution in [0.1, 0.15) is 51.3 Å². The van der Waals surface area contributed by atoms with E-state index in [1.54, 1.807) is 55.2 Å². The molecule has 12 heteroatoms. The predicted octanol–water partition coefficient (Wildman–Crippen LogP) is 6.13. The molecule has 0 saturated heterocycles. The van der Waals surface area contributed by atoms with Crippen molar-refractivity contribution < 1.29 is 27.4 Å². The van der Waals surface area contributed by atoms with Crippen molar-refractivity contribution in [3.05, 3.63) is 61.9 Å². The van der Waals surface area contributed by atoms with E-state index in [0.29, 0.717) is 53.8 Å². The van der Waals surface area contributed by atoms with Gasteiger partial charge in [-0.2, -0.15) is 13.2 Å². The second-order valence-corrected chi connectivity index (χ2v) is 9.11. The number of methoxy groups -OCH3 is 1. The number of nitrogens with zero attached hydrogens (tertiary/aromatic N) is 5. The van der Waals surface area contributed by atoms with Gasteiger partial charge in [0, 0.05) is 43.2 Å². The van der Waals surface area contributed by atoms with Crippen molar-refractivity contribution in [2.24, 2.45) is 0 Å². The predicted molar refractivity (Wildman–Crippen MR) is 146 cm³/mol. The van der Waals surface area contributed by atoms with Crippen molar-refractivity contribution in [1.82, 2.24) is 29.6 Å². The number of hydrogen-bond donors (Lipinski definition) is 1. The number of alkyl halides is 3. The van der Waals surface area contributed by atoms with Gasteiger partial charge in [-0.25, -0.2) is 14.8 Å². The first-order chi connectivity index (χ1) is 19.1. The third kappa shape index (κ3) is 7.73. The molecule has 0 aliphatic rings. The van der Waals surface area contributed by atoms with Gasteiger partial charge in [0.05, 0.1) is 37.3 Å². The normalized spacial score (nSPS) is 12.9. The lowest BCUT2D eigenvalue weighted by Gasteiger charge is -2.30. The summed E-state index contributed by atoms with van der Waals surface area (Å²) in [5, 5.41) is 2.73. The summed E-state index contributed by atoms with van der Waals surface area (Å²) in [6.45, 7) is 11.6. The molecule has 0 aliphatic heterocycles. The quantitative estimate of drug-likeness (QED) is 0.188. The van der Waals surface area contributed by atoms with Gasteiger partial charge in [-0.05, 0) is 39.2 Å². The number of rotatable bonds is 14. The number of carbonyl (C=O) groups is 1. The van der Waals surface area contributed by atoms with E-state index in [9.17, 15) is 18.0 Å². The summed E-state index contributed by atoms with van der Waals surface area (Å²) in [5.74, 6) is 0.810. The molecule has 0 fully saturated rings. The highest BCUT2D eigenvalue weighted by Gasteiger charge is 2.30. The third-order valence-electron chi connectivity index (χ3n) is 6.34. The van der Waals surface area contributed by atoms with Crippen LogP contribution in [-0.2, 0) is 0 Å². The largest absolute Gasteiger partial charge is 0.494 e. The lowest BCUT2D eigenvalue weighted by Crippen LogP contribution is -2.46. The van der Waals surface area contributed by atoms with Crippen LogP contribution in [0.2, 0.25) is 0 Å². The number of ether oxygens (including phenoxy) is 2. The van der Waals surface area contributed by atoms with Crippen molar-refractivity contribution in [2.75, 3.05) is 20.3 Å². The van der Waals surface area contributed by atoms with Crippen molar-refractivity contribution in [1.29, 1.82) is 0 Å².